The number of hydrogen-bond donors (Lipinski definition) is 1. The Morgan fingerprint density at radius 3 is 2.67 bits per heavy atom. The molecular weight excluding hydrogens is 374 g/mol. The molecule has 144 valence electrons. The van der Waals surface area contributed by atoms with Crippen LogP contribution >= 0.6 is 0 Å². The van der Waals surface area contributed by atoms with E-state index in [0.717, 1.165) is 12.8 Å². The molecule has 0 unspecified atom stereocenters. The number of aromatic hydroxyl groups is 1. The molecule has 0 aliphatic heterocycles. The van der Waals surface area contributed by atoms with E-state index in [0.29, 0.717) is 24.0 Å². The first kappa shape index (κ1) is 17.9. The molecule has 0 spiro atoms. The maximum absolute atomic E-state index is 13.0. The lowest BCUT2D eigenvalue weighted by atomic mass is 10.1. The summed E-state index contributed by atoms with van der Waals surface area (Å²) in [5.41, 5.74) is 0.338. The minimum absolute atomic E-state index is 0.0219. The average molecular weight is 393 g/mol. The van der Waals surface area contributed by atoms with Gasteiger partial charge < -0.3 is 18.8 Å². The number of furan rings is 1. The molecule has 8 nitrogen and oxygen atoms in total. The van der Waals surface area contributed by atoms with Crippen LogP contribution in [0.15, 0.2) is 32.2 Å². The third kappa shape index (κ3) is 2.96. The fourth-order valence-corrected chi connectivity index (χ4v) is 4.88. The Balaban J connectivity index is 1.97. The molecule has 27 heavy (non-hydrogen) atoms. The van der Waals surface area contributed by atoms with Crippen molar-refractivity contribution in [1.82, 2.24) is 5.16 Å². The first-order valence-electron chi connectivity index (χ1n) is 8.59. The summed E-state index contributed by atoms with van der Waals surface area (Å²) in [5.74, 6) is 0.204. The van der Waals surface area contributed by atoms with E-state index in [1.165, 1.54) is 13.4 Å². The van der Waals surface area contributed by atoms with Gasteiger partial charge in [-0.25, -0.2) is 0 Å². The monoisotopic (exact) mass is 393 g/mol. The minimum Gasteiger partial charge on any atom is -0.505 e. The number of benzene rings is 1. The molecule has 1 N–H and O–H groups in total. The summed E-state index contributed by atoms with van der Waals surface area (Å²) in [5, 5.41) is 15.2. The summed E-state index contributed by atoms with van der Waals surface area (Å²) in [7, 11) is -2.86. The van der Waals surface area contributed by atoms with Crippen LogP contribution in [0.1, 0.15) is 31.4 Å². The highest BCUT2D eigenvalue weighted by atomic mass is 32.2. The van der Waals surface area contributed by atoms with Crippen LogP contribution in [0.2, 0.25) is 0 Å². The van der Waals surface area contributed by atoms with E-state index >= 15 is 0 Å². The largest absolute Gasteiger partial charge is 0.505 e. The zero-order valence-electron chi connectivity index (χ0n) is 14.9. The lowest BCUT2D eigenvalue weighted by Gasteiger charge is -2.16. The minimum atomic E-state index is -4.28. The molecule has 1 aliphatic rings. The number of nitrogens with zero attached hydrogens (tertiary/aromatic N) is 1. The zero-order chi connectivity index (χ0) is 19.2. The van der Waals surface area contributed by atoms with Crippen molar-refractivity contribution >= 4 is 21.1 Å². The second kappa shape index (κ2) is 6.58. The van der Waals surface area contributed by atoms with Crippen molar-refractivity contribution < 1.29 is 31.4 Å². The van der Waals surface area contributed by atoms with E-state index < -0.39 is 26.9 Å². The quantitative estimate of drug-likeness (QED) is 0.652. The molecule has 3 aromatic rings. The Bertz CT molecular complexity index is 1090. The van der Waals surface area contributed by atoms with Crippen LogP contribution in [0, 0.1) is 6.92 Å². The molecule has 2 heterocycles. The maximum Gasteiger partial charge on any atom is 0.304 e. The van der Waals surface area contributed by atoms with Crippen molar-refractivity contribution in [3.8, 4) is 22.8 Å². The summed E-state index contributed by atoms with van der Waals surface area (Å²) in [6, 6.07) is 3.15. The van der Waals surface area contributed by atoms with Crippen molar-refractivity contribution in [2.24, 2.45) is 0 Å². The highest BCUT2D eigenvalue weighted by Gasteiger charge is 2.35. The third-order valence-electron chi connectivity index (χ3n) is 4.70. The third-order valence-corrected chi connectivity index (χ3v) is 6.10. The number of methoxy groups -OCH3 is 1. The number of phenolic OH excluding ortho intramolecular Hbond substituents is 1. The van der Waals surface area contributed by atoms with Gasteiger partial charge in [-0.1, -0.05) is 18.0 Å². The SMILES string of the molecule is COc1c(-c2cc(C)on2)c(O)c(S(=O)(=O)OC2CCCC2)c2occc12. The molecular formula is C18H19NO7S. The van der Waals surface area contributed by atoms with Gasteiger partial charge in [0.05, 0.1) is 30.4 Å². The van der Waals surface area contributed by atoms with E-state index in [2.05, 4.69) is 5.16 Å². The molecule has 0 radical (unpaired) electrons. The van der Waals surface area contributed by atoms with Gasteiger partial charge in [0.25, 0.3) is 0 Å². The van der Waals surface area contributed by atoms with Crippen molar-refractivity contribution in [3.63, 3.8) is 0 Å². The molecule has 0 amide bonds. The van der Waals surface area contributed by atoms with Gasteiger partial charge in [-0.15, -0.1) is 0 Å². The van der Waals surface area contributed by atoms with Crippen LogP contribution in [0.5, 0.6) is 11.5 Å². The van der Waals surface area contributed by atoms with Gasteiger partial charge in [-0.3, -0.25) is 4.18 Å². The summed E-state index contributed by atoms with van der Waals surface area (Å²) in [6.07, 6.45) is 4.07. The molecule has 4 rings (SSSR count). The summed E-state index contributed by atoms with van der Waals surface area (Å²) < 4.78 is 47.2. The van der Waals surface area contributed by atoms with Gasteiger partial charge in [0.2, 0.25) is 0 Å². The molecule has 1 aromatic carbocycles. The molecule has 0 bridgehead atoms. The first-order chi connectivity index (χ1) is 12.9. The fraction of sp³-hybridized carbons (Fsp3) is 0.389. The van der Waals surface area contributed by atoms with E-state index in [4.69, 9.17) is 17.9 Å². The van der Waals surface area contributed by atoms with E-state index in [1.54, 1.807) is 19.1 Å². The van der Waals surface area contributed by atoms with Crippen LogP contribution < -0.4 is 4.74 Å². The van der Waals surface area contributed by atoms with Gasteiger partial charge in [0.1, 0.15) is 17.2 Å². The molecule has 1 saturated carbocycles. The lowest BCUT2D eigenvalue weighted by molar-refractivity contribution is 0.216. The van der Waals surface area contributed by atoms with Crippen molar-refractivity contribution in [1.29, 1.82) is 0 Å². The first-order valence-corrected chi connectivity index (χ1v) is 10.0. The van der Waals surface area contributed by atoms with Crippen LogP contribution in [-0.2, 0) is 14.3 Å². The van der Waals surface area contributed by atoms with Crippen molar-refractivity contribution in [2.75, 3.05) is 7.11 Å². The number of aryl methyl sites for hydroxylation is 1. The second-order valence-corrected chi connectivity index (χ2v) is 8.04. The van der Waals surface area contributed by atoms with Crippen molar-refractivity contribution in [3.05, 3.63) is 24.2 Å². The lowest BCUT2D eigenvalue weighted by Crippen LogP contribution is -2.16. The Hall–Kier alpha value is -2.52. The highest BCUT2D eigenvalue weighted by molar-refractivity contribution is 7.87. The molecule has 1 aliphatic carbocycles. The molecule has 0 atom stereocenters. The predicted molar refractivity (Wildman–Crippen MR) is 95.2 cm³/mol. The number of ether oxygens (including phenoxy) is 1. The number of aromatic nitrogens is 1. The normalized spacial score (nSPS) is 15.6. The number of fused-ring (bicyclic) bond motifs is 1. The Labute approximate surface area is 155 Å². The zero-order valence-corrected chi connectivity index (χ0v) is 15.7. The van der Waals surface area contributed by atoms with E-state index in [-0.39, 0.29) is 22.6 Å². The fourth-order valence-electron chi connectivity index (χ4n) is 3.50. The van der Waals surface area contributed by atoms with Crippen LogP contribution in [0.3, 0.4) is 0 Å². The molecule has 2 aromatic heterocycles. The maximum atomic E-state index is 13.0. The standard InChI is InChI=1S/C18H19NO7S/c1-10-9-13(19-25-10)14-15(20)18(17-12(7-8-24-17)16(14)23-2)27(21,22)26-11-5-3-4-6-11/h7-9,11,20H,3-6H2,1-2H3. The van der Waals surface area contributed by atoms with Crippen LogP contribution in [-0.4, -0.2) is 31.9 Å². The number of rotatable bonds is 5. The highest BCUT2D eigenvalue weighted by Crippen LogP contribution is 2.49. The second-order valence-electron chi connectivity index (χ2n) is 6.53. The molecule has 1 fully saturated rings. The molecule has 0 saturated heterocycles. The summed E-state index contributed by atoms with van der Waals surface area (Å²) in [4.78, 5) is -0.425. The Morgan fingerprint density at radius 2 is 2.04 bits per heavy atom. The van der Waals surface area contributed by atoms with Gasteiger partial charge in [-0.05, 0) is 25.8 Å². The van der Waals surface area contributed by atoms with E-state index in [1.807, 2.05) is 0 Å². The number of hydrogen-bond acceptors (Lipinski definition) is 8. The van der Waals surface area contributed by atoms with Gasteiger partial charge in [-0.2, -0.15) is 8.42 Å². The Kier molecular flexibility index (Phi) is 4.35. The predicted octanol–water partition coefficient (Wildman–Crippen LogP) is 3.76. The smallest absolute Gasteiger partial charge is 0.304 e. The van der Waals surface area contributed by atoms with Gasteiger partial charge >= 0.3 is 10.1 Å². The average Bonchev–Trinajstić information content (AvgIpc) is 3.35. The summed E-state index contributed by atoms with van der Waals surface area (Å²) in [6.45, 7) is 1.69. The Morgan fingerprint density at radius 1 is 1.30 bits per heavy atom. The topological polar surface area (TPSA) is 112 Å². The van der Waals surface area contributed by atoms with Crippen LogP contribution in [0.4, 0.5) is 0 Å². The van der Waals surface area contributed by atoms with Gasteiger partial charge in [0, 0.05) is 6.07 Å². The van der Waals surface area contributed by atoms with Gasteiger partial charge in [0.15, 0.2) is 16.2 Å². The molecule has 9 heteroatoms. The summed E-state index contributed by atoms with van der Waals surface area (Å²) >= 11 is 0. The van der Waals surface area contributed by atoms with Crippen molar-refractivity contribution in [2.45, 2.75) is 43.6 Å². The van der Waals surface area contributed by atoms with E-state index in [9.17, 15) is 13.5 Å². The van der Waals surface area contributed by atoms with Crippen LogP contribution in [0.25, 0.3) is 22.2 Å². The number of phenols is 1.